The van der Waals surface area contributed by atoms with Crippen LogP contribution in [-0.4, -0.2) is 27.9 Å². The Bertz CT molecular complexity index is 1280. The number of nitrogens with zero attached hydrogens (tertiary/aromatic N) is 4. The van der Waals surface area contributed by atoms with Crippen molar-refractivity contribution in [2.75, 3.05) is 10.0 Å². The first-order valence-electron chi connectivity index (χ1n) is 8.56. The van der Waals surface area contributed by atoms with Crippen molar-refractivity contribution in [3.63, 3.8) is 0 Å². The minimum atomic E-state index is -4.20. The zero-order valence-corrected chi connectivity index (χ0v) is 16.0. The fourth-order valence-electron chi connectivity index (χ4n) is 2.62. The standard InChI is InChI=1S/C19H14F2N6O2S/c20-13-1-6-17(16(21)9-13)30(28,29)26-15-4-2-14(3-5-15)25-18-10-19(24-11-23-18)27-8-7-22-12-27/h1-12,26H,(H,23,24,25). The Kier molecular flexibility index (Phi) is 5.11. The van der Waals surface area contributed by atoms with Crippen molar-refractivity contribution in [2.45, 2.75) is 4.90 Å². The molecule has 0 aliphatic carbocycles. The number of anilines is 3. The highest BCUT2D eigenvalue weighted by atomic mass is 32.2. The van der Waals surface area contributed by atoms with Crippen molar-refractivity contribution in [2.24, 2.45) is 0 Å². The topological polar surface area (TPSA) is 102 Å². The van der Waals surface area contributed by atoms with Crippen molar-refractivity contribution in [1.29, 1.82) is 0 Å². The molecule has 8 nitrogen and oxygen atoms in total. The van der Waals surface area contributed by atoms with E-state index in [1.807, 2.05) is 0 Å². The lowest BCUT2D eigenvalue weighted by Crippen LogP contribution is -2.14. The molecule has 0 bridgehead atoms. The van der Waals surface area contributed by atoms with E-state index in [-0.39, 0.29) is 5.69 Å². The Morgan fingerprint density at radius 3 is 2.40 bits per heavy atom. The maximum absolute atomic E-state index is 13.8. The van der Waals surface area contributed by atoms with Gasteiger partial charge in [-0.3, -0.25) is 9.29 Å². The van der Waals surface area contributed by atoms with E-state index < -0.39 is 26.6 Å². The van der Waals surface area contributed by atoms with Crippen LogP contribution >= 0.6 is 0 Å². The summed E-state index contributed by atoms with van der Waals surface area (Å²) >= 11 is 0. The fourth-order valence-corrected chi connectivity index (χ4v) is 3.74. The van der Waals surface area contributed by atoms with E-state index in [1.54, 1.807) is 41.5 Å². The highest BCUT2D eigenvalue weighted by molar-refractivity contribution is 7.92. The number of hydrogen-bond donors (Lipinski definition) is 2. The maximum atomic E-state index is 13.8. The van der Waals surface area contributed by atoms with Crippen molar-refractivity contribution < 1.29 is 17.2 Å². The van der Waals surface area contributed by atoms with Crippen LogP contribution in [0.1, 0.15) is 0 Å². The SMILES string of the molecule is O=S(=O)(Nc1ccc(Nc2cc(-n3ccnc3)ncn2)cc1)c1ccc(F)cc1F. The molecule has 0 aliphatic rings. The summed E-state index contributed by atoms with van der Waals surface area (Å²) in [7, 11) is -4.20. The summed E-state index contributed by atoms with van der Waals surface area (Å²) < 4.78 is 55.5. The van der Waals surface area contributed by atoms with E-state index in [1.165, 1.54) is 18.5 Å². The average molecular weight is 428 g/mol. The molecule has 0 saturated carbocycles. The van der Waals surface area contributed by atoms with Gasteiger partial charge in [-0.25, -0.2) is 32.2 Å². The molecule has 11 heteroatoms. The third kappa shape index (κ3) is 4.25. The van der Waals surface area contributed by atoms with Gasteiger partial charge in [-0.05, 0) is 36.4 Å². The van der Waals surface area contributed by atoms with E-state index in [9.17, 15) is 17.2 Å². The summed E-state index contributed by atoms with van der Waals surface area (Å²) in [4.78, 5) is 11.6. The van der Waals surface area contributed by atoms with Gasteiger partial charge in [-0.1, -0.05) is 0 Å². The lowest BCUT2D eigenvalue weighted by atomic mass is 10.3. The van der Waals surface area contributed by atoms with Gasteiger partial charge in [-0.2, -0.15) is 0 Å². The molecule has 30 heavy (non-hydrogen) atoms. The molecule has 2 N–H and O–H groups in total. The summed E-state index contributed by atoms with van der Waals surface area (Å²) in [6, 6.07) is 10.2. The summed E-state index contributed by atoms with van der Waals surface area (Å²) in [5.41, 5.74) is 0.854. The quantitative estimate of drug-likeness (QED) is 0.488. The first-order chi connectivity index (χ1) is 14.4. The van der Waals surface area contributed by atoms with E-state index in [0.717, 1.165) is 12.1 Å². The highest BCUT2D eigenvalue weighted by Crippen LogP contribution is 2.22. The van der Waals surface area contributed by atoms with Gasteiger partial charge >= 0.3 is 0 Å². The molecule has 0 atom stereocenters. The van der Waals surface area contributed by atoms with Crippen LogP contribution in [0.4, 0.5) is 26.0 Å². The fraction of sp³-hybridized carbons (Fsp3) is 0. The van der Waals surface area contributed by atoms with Crippen molar-refractivity contribution in [1.82, 2.24) is 19.5 Å². The van der Waals surface area contributed by atoms with Crippen molar-refractivity contribution in [3.8, 4) is 5.82 Å². The van der Waals surface area contributed by atoms with Crippen LogP contribution in [0.25, 0.3) is 5.82 Å². The normalized spacial score (nSPS) is 11.3. The highest BCUT2D eigenvalue weighted by Gasteiger charge is 2.19. The van der Waals surface area contributed by atoms with Gasteiger partial charge in [-0.15, -0.1) is 0 Å². The van der Waals surface area contributed by atoms with Crippen LogP contribution in [0.15, 0.2) is 78.5 Å². The molecule has 2 heterocycles. The molecule has 0 saturated heterocycles. The number of sulfonamides is 1. The lowest BCUT2D eigenvalue weighted by Gasteiger charge is -2.11. The third-order valence-electron chi connectivity index (χ3n) is 4.01. The van der Waals surface area contributed by atoms with Crippen LogP contribution in [0.3, 0.4) is 0 Å². The first-order valence-corrected chi connectivity index (χ1v) is 10.0. The first kappa shape index (κ1) is 19.5. The molecule has 0 radical (unpaired) electrons. The van der Waals surface area contributed by atoms with E-state index in [4.69, 9.17) is 0 Å². The molecule has 2 aromatic carbocycles. The lowest BCUT2D eigenvalue weighted by molar-refractivity contribution is 0.551. The number of halogens is 2. The van der Waals surface area contributed by atoms with Gasteiger partial charge < -0.3 is 5.32 Å². The smallest absolute Gasteiger partial charge is 0.264 e. The Morgan fingerprint density at radius 1 is 0.933 bits per heavy atom. The van der Waals surface area contributed by atoms with Crippen LogP contribution in [0.2, 0.25) is 0 Å². The Labute approximate surface area is 170 Å². The Morgan fingerprint density at radius 2 is 1.70 bits per heavy atom. The monoisotopic (exact) mass is 428 g/mol. The Balaban J connectivity index is 1.49. The number of imidazole rings is 1. The molecule has 4 aromatic rings. The maximum Gasteiger partial charge on any atom is 0.264 e. The largest absolute Gasteiger partial charge is 0.340 e. The van der Waals surface area contributed by atoms with Crippen molar-refractivity contribution in [3.05, 3.63) is 85.2 Å². The second kappa shape index (κ2) is 7.87. The van der Waals surface area contributed by atoms with Crippen LogP contribution in [0, 0.1) is 11.6 Å². The van der Waals surface area contributed by atoms with Gasteiger partial charge in [0, 0.05) is 35.9 Å². The van der Waals surface area contributed by atoms with Gasteiger partial charge in [0.25, 0.3) is 10.0 Å². The summed E-state index contributed by atoms with van der Waals surface area (Å²) in [5.74, 6) is -0.882. The molecule has 0 fully saturated rings. The number of nitrogens with one attached hydrogen (secondary N) is 2. The zero-order valence-electron chi connectivity index (χ0n) is 15.2. The van der Waals surface area contributed by atoms with Gasteiger partial charge in [0.2, 0.25) is 0 Å². The number of aromatic nitrogens is 4. The second-order valence-electron chi connectivity index (χ2n) is 6.11. The summed E-state index contributed by atoms with van der Waals surface area (Å²) in [5, 5.41) is 3.08. The molecule has 152 valence electrons. The van der Waals surface area contributed by atoms with Crippen LogP contribution < -0.4 is 10.0 Å². The third-order valence-corrected chi connectivity index (χ3v) is 5.43. The Hall–Kier alpha value is -3.86. The molecular weight excluding hydrogens is 414 g/mol. The molecule has 0 spiro atoms. The summed E-state index contributed by atoms with van der Waals surface area (Å²) in [6.45, 7) is 0. The van der Waals surface area contributed by atoms with Crippen LogP contribution in [0.5, 0.6) is 0 Å². The molecule has 0 unspecified atom stereocenters. The van der Waals surface area contributed by atoms with Gasteiger partial charge in [0.05, 0.1) is 0 Å². The van der Waals surface area contributed by atoms with E-state index >= 15 is 0 Å². The van der Waals surface area contributed by atoms with E-state index in [2.05, 4.69) is 25.0 Å². The minimum absolute atomic E-state index is 0.214. The molecular formula is C19H14F2N6O2S. The van der Waals surface area contributed by atoms with Gasteiger partial charge in [0.1, 0.15) is 40.8 Å². The number of benzene rings is 2. The average Bonchev–Trinajstić information content (AvgIpc) is 3.24. The predicted octanol–water partition coefficient (Wildman–Crippen LogP) is 3.48. The predicted molar refractivity (Wildman–Crippen MR) is 106 cm³/mol. The van der Waals surface area contributed by atoms with Crippen molar-refractivity contribution >= 4 is 27.2 Å². The summed E-state index contributed by atoms with van der Waals surface area (Å²) in [6.07, 6.45) is 6.39. The minimum Gasteiger partial charge on any atom is -0.340 e. The van der Waals surface area contributed by atoms with E-state index in [0.29, 0.717) is 23.4 Å². The molecule has 0 aliphatic heterocycles. The molecule has 2 aromatic heterocycles. The molecule has 0 amide bonds. The number of rotatable bonds is 6. The number of hydrogen-bond acceptors (Lipinski definition) is 6. The van der Waals surface area contributed by atoms with Crippen LogP contribution in [-0.2, 0) is 10.0 Å². The molecule has 4 rings (SSSR count). The van der Waals surface area contributed by atoms with Gasteiger partial charge in [0.15, 0.2) is 0 Å². The zero-order chi connectivity index (χ0) is 21.1. The second-order valence-corrected chi connectivity index (χ2v) is 7.76.